The summed E-state index contributed by atoms with van der Waals surface area (Å²) in [6, 6.07) is 0. The lowest BCUT2D eigenvalue weighted by atomic mass is 9.44. The van der Waals surface area contributed by atoms with Crippen molar-refractivity contribution in [2.75, 3.05) is 0 Å². The van der Waals surface area contributed by atoms with Crippen molar-refractivity contribution in [3.05, 3.63) is 12.2 Å². The van der Waals surface area contributed by atoms with Gasteiger partial charge in [0, 0.05) is 6.92 Å². The Morgan fingerprint density at radius 2 is 1.56 bits per heavy atom. The first-order chi connectivity index (χ1) is 15.1. The standard InChI is InChI=1S/C30H50O2/c1-19(2)20(3)8-9-21(4)26-12-13-27-25-11-10-23-18-24(32-22(5)31)14-16-29(23,6)28(25)15-17-30(26,27)7/h8-9,19-21,23-28H,10-18H2,1-7H3/b9-8+/t20-,21+,23-,24+,25-,26+,27+,28+,29+,30-/m0/s1. The minimum Gasteiger partial charge on any atom is -0.463 e. The molecule has 4 aliphatic rings. The topological polar surface area (TPSA) is 26.3 Å². The molecule has 0 aromatic carbocycles. The van der Waals surface area contributed by atoms with Gasteiger partial charge in [-0.2, -0.15) is 0 Å². The molecule has 0 aromatic heterocycles. The van der Waals surface area contributed by atoms with Crippen LogP contribution in [0.1, 0.15) is 106 Å². The molecule has 0 aliphatic heterocycles. The van der Waals surface area contributed by atoms with Crippen LogP contribution < -0.4 is 0 Å². The minimum atomic E-state index is -0.0938. The van der Waals surface area contributed by atoms with E-state index in [2.05, 4.69) is 53.7 Å². The largest absolute Gasteiger partial charge is 0.463 e. The first-order valence-electron chi connectivity index (χ1n) is 13.9. The fourth-order valence-corrected chi connectivity index (χ4v) is 9.17. The fraction of sp³-hybridized carbons (Fsp3) is 0.900. The van der Waals surface area contributed by atoms with Gasteiger partial charge in [-0.25, -0.2) is 0 Å². The predicted octanol–water partition coefficient (Wildman–Crippen LogP) is 8.06. The second kappa shape index (κ2) is 9.10. The van der Waals surface area contributed by atoms with Crippen LogP contribution in [0.4, 0.5) is 0 Å². The van der Waals surface area contributed by atoms with Gasteiger partial charge in [-0.1, -0.05) is 53.7 Å². The van der Waals surface area contributed by atoms with E-state index in [1.54, 1.807) is 6.92 Å². The molecule has 0 amide bonds. The number of ether oxygens (including phenoxy) is 1. The molecule has 182 valence electrons. The van der Waals surface area contributed by atoms with Crippen LogP contribution in [-0.4, -0.2) is 12.1 Å². The van der Waals surface area contributed by atoms with Gasteiger partial charge in [-0.05, 0) is 116 Å². The zero-order chi connectivity index (χ0) is 23.3. The van der Waals surface area contributed by atoms with Gasteiger partial charge in [-0.15, -0.1) is 0 Å². The van der Waals surface area contributed by atoms with Crippen molar-refractivity contribution in [2.24, 2.45) is 58.2 Å². The number of fused-ring (bicyclic) bond motifs is 5. The second-order valence-corrected chi connectivity index (χ2v) is 13.2. The summed E-state index contributed by atoms with van der Waals surface area (Å²) >= 11 is 0. The number of rotatable bonds is 5. The molecule has 0 aromatic rings. The Balaban J connectivity index is 1.46. The SMILES string of the molecule is CC(=O)O[C@@H]1CC[C@]2(C)[C@@H](CC[C@H]3[C@H]4CC[C@H]([C@H](C)/C=C/[C@H](C)C(C)C)[C@]4(C)CC[C@H]32)C1. The van der Waals surface area contributed by atoms with E-state index >= 15 is 0 Å². The molecule has 4 rings (SSSR count). The van der Waals surface area contributed by atoms with Crippen LogP contribution in [0.15, 0.2) is 12.2 Å². The van der Waals surface area contributed by atoms with Crippen molar-refractivity contribution in [1.29, 1.82) is 0 Å². The summed E-state index contributed by atoms with van der Waals surface area (Å²) in [5.41, 5.74) is 1.00. The highest BCUT2D eigenvalue weighted by Crippen LogP contribution is 2.68. The molecular weight excluding hydrogens is 392 g/mol. The molecular formula is C30H50O2. The molecule has 0 bridgehead atoms. The maximum Gasteiger partial charge on any atom is 0.302 e. The zero-order valence-corrected chi connectivity index (χ0v) is 22.0. The van der Waals surface area contributed by atoms with E-state index < -0.39 is 0 Å². The third kappa shape index (κ3) is 4.22. The van der Waals surface area contributed by atoms with Gasteiger partial charge in [0.1, 0.15) is 6.10 Å². The molecule has 4 saturated carbocycles. The molecule has 0 spiro atoms. The van der Waals surface area contributed by atoms with Crippen molar-refractivity contribution in [2.45, 2.75) is 112 Å². The molecule has 2 heteroatoms. The lowest BCUT2D eigenvalue weighted by Gasteiger charge is -2.61. The number of esters is 1. The third-order valence-corrected chi connectivity index (χ3v) is 11.4. The number of hydrogen-bond acceptors (Lipinski definition) is 2. The molecule has 10 atom stereocenters. The van der Waals surface area contributed by atoms with Gasteiger partial charge < -0.3 is 4.74 Å². The monoisotopic (exact) mass is 442 g/mol. The van der Waals surface area contributed by atoms with E-state index in [1.165, 1.54) is 44.9 Å². The third-order valence-electron chi connectivity index (χ3n) is 11.4. The van der Waals surface area contributed by atoms with Gasteiger partial charge >= 0.3 is 5.97 Å². The van der Waals surface area contributed by atoms with Crippen LogP contribution in [0, 0.1) is 58.2 Å². The van der Waals surface area contributed by atoms with Crippen molar-refractivity contribution in [3.8, 4) is 0 Å². The molecule has 0 unspecified atom stereocenters. The molecule has 4 aliphatic carbocycles. The van der Waals surface area contributed by atoms with Gasteiger partial charge in [0.2, 0.25) is 0 Å². The Hall–Kier alpha value is -0.790. The Morgan fingerprint density at radius 3 is 2.25 bits per heavy atom. The van der Waals surface area contributed by atoms with E-state index in [4.69, 9.17) is 4.74 Å². The van der Waals surface area contributed by atoms with Crippen LogP contribution in [0.2, 0.25) is 0 Å². The van der Waals surface area contributed by atoms with Crippen molar-refractivity contribution >= 4 is 5.97 Å². The van der Waals surface area contributed by atoms with E-state index in [-0.39, 0.29) is 12.1 Å². The second-order valence-electron chi connectivity index (χ2n) is 13.2. The Morgan fingerprint density at radius 1 is 0.875 bits per heavy atom. The molecule has 0 heterocycles. The number of allylic oxidation sites excluding steroid dienone is 2. The number of carbonyl (C=O) groups excluding carboxylic acids is 1. The van der Waals surface area contributed by atoms with Crippen LogP contribution in [0.25, 0.3) is 0 Å². The maximum atomic E-state index is 11.5. The molecule has 0 saturated heterocycles. The van der Waals surface area contributed by atoms with Crippen LogP contribution in [-0.2, 0) is 9.53 Å². The first kappa shape index (κ1) is 24.3. The predicted molar refractivity (Wildman–Crippen MR) is 133 cm³/mol. The average molecular weight is 443 g/mol. The molecule has 0 N–H and O–H groups in total. The quantitative estimate of drug-likeness (QED) is 0.318. The molecule has 2 nitrogen and oxygen atoms in total. The highest BCUT2D eigenvalue weighted by Gasteiger charge is 2.60. The van der Waals surface area contributed by atoms with Gasteiger partial charge in [0.05, 0.1) is 0 Å². The Labute approximate surface area is 198 Å². The average Bonchev–Trinajstić information content (AvgIpc) is 3.08. The Bertz CT molecular complexity index is 710. The summed E-state index contributed by atoms with van der Waals surface area (Å²) in [5.74, 6) is 6.37. The zero-order valence-electron chi connectivity index (χ0n) is 22.0. The van der Waals surface area contributed by atoms with Gasteiger partial charge in [0.25, 0.3) is 0 Å². The summed E-state index contributed by atoms with van der Waals surface area (Å²) in [4.78, 5) is 11.5. The summed E-state index contributed by atoms with van der Waals surface area (Å²) in [5, 5.41) is 0. The summed E-state index contributed by atoms with van der Waals surface area (Å²) in [6.45, 7) is 16.4. The number of hydrogen-bond donors (Lipinski definition) is 0. The van der Waals surface area contributed by atoms with Crippen LogP contribution >= 0.6 is 0 Å². The smallest absolute Gasteiger partial charge is 0.302 e. The van der Waals surface area contributed by atoms with E-state index in [9.17, 15) is 4.79 Å². The fourth-order valence-electron chi connectivity index (χ4n) is 9.17. The summed E-state index contributed by atoms with van der Waals surface area (Å²) in [6.07, 6.45) is 17.2. The van der Waals surface area contributed by atoms with Crippen molar-refractivity contribution in [1.82, 2.24) is 0 Å². The lowest BCUT2D eigenvalue weighted by molar-refractivity contribution is -0.160. The minimum absolute atomic E-state index is 0.0938. The summed E-state index contributed by atoms with van der Waals surface area (Å²) in [7, 11) is 0. The molecule has 0 radical (unpaired) electrons. The Kier molecular flexibility index (Phi) is 6.92. The highest BCUT2D eigenvalue weighted by molar-refractivity contribution is 5.66. The van der Waals surface area contributed by atoms with E-state index in [0.29, 0.717) is 22.7 Å². The first-order valence-corrected chi connectivity index (χ1v) is 13.9. The van der Waals surface area contributed by atoms with Crippen molar-refractivity contribution in [3.63, 3.8) is 0 Å². The van der Waals surface area contributed by atoms with Gasteiger partial charge in [0.15, 0.2) is 0 Å². The highest BCUT2D eigenvalue weighted by atomic mass is 16.5. The summed E-state index contributed by atoms with van der Waals surface area (Å²) < 4.78 is 5.66. The molecule has 4 fully saturated rings. The molecule has 32 heavy (non-hydrogen) atoms. The van der Waals surface area contributed by atoms with E-state index in [1.807, 2.05) is 0 Å². The number of carbonyl (C=O) groups is 1. The van der Waals surface area contributed by atoms with Crippen molar-refractivity contribution < 1.29 is 9.53 Å². The maximum absolute atomic E-state index is 11.5. The lowest BCUT2D eigenvalue weighted by Crippen LogP contribution is -2.54. The van der Waals surface area contributed by atoms with Gasteiger partial charge in [-0.3, -0.25) is 4.79 Å². The normalized spacial score (nSPS) is 45.8. The van der Waals surface area contributed by atoms with Crippen LogP contribution in [0.5, 0.6) is 0 Å². The van der Waals surface area contributed by atoms with Crippen LogP contribution in [0.3, 0.4) is 0 Å². The van der Waals surface area contributed by atoms with E-state index in [0.717, 1.165) is 48.3 Å².